The molecule has 1 unspecified atom stereocenters. The Labute approximate surface area is 99.4 Å². The second kappa shape index (κ2) is 4.59. The second-order valence-electron chi connectivity index (χ2n) is 3.84. The summed E-state index contributed by atoms with van der Waals surface area (Å²) in [6, 6.07) is 1.23. The molecule has 0 aliphatic carbocycles. The van der Waals surface area contributed by atoms with E-state index < -0.39 is 36.7 Å². The molecule has 1 fully saturated rings. The highest BCUT2D eigenvalue weighted by Crippen LogP contribution is 2.32. The van der Waals surface area contributed by atoms with Crippen LogP contribution < -0.4 is 11.4 Å². The average molecular weight is 263 g/mol. The van der Waals surface area contributed by atoms with Crippen LogP contribution >= 0.6 is 0 Å². The fourth-order valence-corrected chi connectivity index (χ4v) is 1.73. The minimum Gasteiger partial charge on any atom is -0.387 e. The van der Waals surface area contributed by atoms with Crippen molar-refractivity contribution in [2.75, 3.05) is 5.73 Å². The van der Waals surface area contributed by atoms with Crippen molar-refractivity contribution in [2.45, 2.75) is 31.0 Å². The van der Waals surface area contributed by atoms with Gasteiger partial charge >= 0.3 is 5.69 Å². The summed E-state index contributed by atoms with van der Waals surface area (Å²) >= 11 is 0. The minimum atomic E-state index is -2.55. The number of halogens is 2. The number of nitrogens with zero attached hydrogens (tertiary/aromatic N) is 2. The van der Waals surface area contributed by atoms with Crippen LogP contribution in [0.25, 0.3) is 0 Å². The third kappa shape index (κ3) is 2.07. The maximum Gasteiger partial charge on any atom is 0.351 e. The first-order valence-corrected chi connectivity index (χ1v) is 5.06. The number of aliphatic hydroxyl groups is 2. The molecule has 1 saturated heterocycles. The van der Waals surface area contributed by atoms with Gasteiger partial charge in [-0.1, -0.05) is 0 Å². The van der Waals surface area contributed by atoms with E-state index in [9.17, 15) is 18.7 Å². The lowest BCUT2D eigenvalue weighted by Crippen LogP contribution is -2.35. The summed E-state index contributed by atoms with van der Waals surface area (Å²) < 4.78 is 31.9. The van der Waals surface area contributed by atoms with Gasteiger partial charge < -0.3 is 20.7 Å². The number of aliphatic hydroxyl groups excluding tert-OH is 2. The summed E-state index contributed by atoms with van der Waals surface area (Å²) in [5.41, 5.74) is 4.36. The van der Waals surface area contributed by atoms with Gasteiger partial charge in [0.05, 0.1) is 0 Å². The summed E-state index contributed by atoms with van der Waals surface area (Å²) in [5, 5.41) is 18.0. The van der Waals surface area contributed by atoms with Crippen molar-refractivity contribution in [3.8, 4) is 0 Å². The van der Waals surface area contributed by atoms with Gasteiger partial charge in [-0.2, -0.15) is 4.98 Å². The van der Waals surface area contributed by atoms with Crippen molar-refractivity contribution in [3.05, 3.63) is 22.7 Å². The molecule has 2 rings (SSSR count). The zero-order valence-electron chi connectivity index (χ0n) is 8.98. The van der Waals surface area contributed by atoms with E-state index in [1.54, 1.807) is 0 Å². The van der Waals surface area contributed by atoms with E-state index >= 15 is 0 Å². The summed E-state index contributed by atoms with van der Waals surface area (Å²) in [4.78, 5) is 14.8. The van der Waals surface area contributed by atoms with Gasteiger partial charge in [-0.05, 0) is 6.07 Å². The lowest BCUT2D eigenvalue weighted by Gasteiger charge is -2.15. The maximum atomic E-state index is 13.7. The van der Waals surface area contributed by atoms with E-state index in [1.165, 1.54) is 6.07 Å². The third-order valence-electron chi connectivity index (χ3n) is 2.63. The molecule has 1 aromatic heterocycles. The Kier molecular flexibility index (Phi) is 3.28. The summed E-state index contributed by atoms with van der Waals surface area (Å²) in [7, 11) is 0. The number of rotatable bonds is 2. The maximum absolute atomic E-state index is 13.7. The molecule has 1 aliphatic heterocycles. The van der Waals surface area contributed by atoms with Crippen molar-refractivity contribution >= 4 is 5.82 Å². The van der Waals surface area contributed by atoms with Gasteiger partial charge in [0.25, 0.3) is 0 Å². The Hall–Kier alpha value is -1.58. The number of aromatic nitrogens is 2. The smallest absolute Gasteiger partial charge is 0.351 e. The van der Waals surface area contributed by atoms with Crippen LogP contribution in [-0.4, -0.2) is 44.5 Å². The lowest BCUT2D eigenvalue weighted by atomic mass is 10.1. The van der Waals surface area contributed by atoms with Crippen LogP contribution in [-0.2, 0) is 4.74 Å². The van der Waals surface area contributed by atoms with Gasteiger partial charge in [-0.15, -0.1) is 0 Å². The number of anilines is 1. The molecule has 1 aromatic rings. The molecule has 7 nitrogen and oxygen atoms in total. The Morgan fingerprint density at radius 3 is 2.78 bits per heavy atom. The molecular formula is C9H11F2N3O4. The van der Waals surface area contributed by atoms with Gasteiger partial charge in [0, 0.05) is 6.20 Å². The molecule has 1 aliphatic rings. The first-order valence-electron chi connectivity index (χ1n) is 5.06. The van der Waals surface area contributed by atoms with Crippen LogP contribution in [0.15, 0.2) is 17.1 Å². The SMILES string of the molecule is Nc1ccn([C@@H]2O[C@H](C(O)F)[C@@H](O)[C@H]2F)c(=O)n1. The Morgan fingerprint density at radius 1 is 1.61 bits per heavy atom. The zero-order valence-corrected chi connectivity index (χ0v) is 8.98. The molecule has 9 heteroatoms. The summed E-state index contributed by atoms with van der Waals surface area (Å²) in [5.74, 6) is -0.0627. The quantitative estimate of drug-likeness (QED) is 0.612. The molecule has 100 valence electrons. The topological polar surface area (TPSA) is 111 Å². The van der Waals surface area contributed by atoms with E-state index in [0.29, 0.717) is 0 Å². The molecule has 0 bridgehead atoms. The summed E-state index contributed by atoms with van der Waals surface area (Å²) in [6.07, 6.45) is -8.70. The number of ether oxygens (including phenoxy) is 1. The fourth-order valence-electron chi connectivity index (χ4n) is 1.73. The largest absolute Gasteiger partial charge is 0.387 e. The van der Waals surface area contributed by atoms with Gasteiger partial charge in [-0.3, -0.25) is 4.57 Å². The van der Waals surface area contributed by atoms with Gasteiger partial charge in [-0.25, -0.2) is 13.6 Å². The predicted octanol–water partition coefficient (Wildman–Crippen LogP) is -1.29. The van der Waals surface area contributed by atoms with Gasteiger partial charge in [0.15, 0.2) is 12.4 Å². The van der Waals surface area contributed by atoms with Crippen molar-refractivity contribution < 1.29 is 23.7 Å². The first-order chi connectivity index (χ1) is 8.41. The molecule has 18 heavy (non-hydrogen) atoms. The van der Waals surface area contributed by atoms with Gasteiger partial charge in [0.2, 0.25) is 6.36 Å². The third-order valence-corrected chi connectivity index (χ3v) is 2.63. The predicted molar refractivity (Wildman–Crippen MR) is 54.8 cm³/mol. The van der Waals surface area contributed by atoms with E-state index in [2.05, 4.69) is 4.98 Å². The number of hydrogen-bond acceptors (Lipinski definition) is 6. The number of hydrogen-bond donors (Lipinski definition) is 3. The highest BCUT2D eigenvalue weighted by atomic mass is 19.1. The van der Waals surface area contributed by atoms with Crippen LogP contribution in [0.5, 0.6) is 0 Å². The molecule has 0 aromatic carbocycles. The Bertz CT molecular complexity index is 495. The standard InChI is InChI=1S/C9H11F2N3O4/c10-4-5(15)6(7(11)16)18-8(4)14-2-1-3(12)13-9(14)17/h1-2,4-8,15-16H,(H2,12,13,17)/t4-,5+,6+,7?,8-/m1/s1. The second-order valence-corrected chi connectivity index (χ2v) is 3.84. The molecule has 4 N–H and O–H groups in total. The molecule has 0 saturated carbocycles. The molecule has 0 radical (unpaired) electrons. The average Bonchev–Trinajstić information content (AvgIpc) is 2.57. The van der Waals surface area contributed by atoms with E-state index in [1.807, 2.05) is 0 Å². The van der Waals surface area contributed by atoms with Crippen molar-refractivity contribution in [1.82, 2.24) is 9.55 Å². The van der Waals surface area contributed by atoms with E-state index in [-0.39, 0.29) is 5.82 Å². The molecule has 0 spiro atoms. The van der Waals surface area contributed by atoms with Crippen molar-refractivity contribution in [1.29, 1.82) is 0 Å². The monoisotopic (exact) mass is 263 g/mol. The number of nitrogens with two attached hydrogens (primary N) is 1. The number of nitrogen functional groups attached to an aromatic ring is 1. The van der Waals surface area contributed by atoms with Crippen LogP contribution in [0.4, 0.5) is 14.6 Å². The first kappa shape index (κ1) is 12.9. The zero-order chi connectivity index (χ0) is 13.4. The van der Waals surface area contributed by atoms with E-state index in [4.69, 9.17) is 15.6 Å². The molecular weight excluding hydrogens is 252 g/mol. The molecule has 0 amide bonds. The Balaban J connectivity index is 2.32. The fraction of sp³-hybridized carbons (Fsp3) is 0.556. The highest BCUT2D eigenvalue weighted by molar-refractivity contribution is 5.23. The highest BCUT2D eigenvalue weighted by Gasteiger charge is 2.48. The Morgan fingerprint density at radius 2 is 2.28 bits per heavy atom. The van der Waals surface area contributed by atoms with Crippen LogP contribution in [0.2, 0.25) is 0 Å². The lowest BCUT2D eigenvalue weighted by molar-refractivity contribution is -0.131. The molecule has 5 atom stereocenters. The van der Waals surface area contributed by atoms with Crippen LogP contribution in [0, 0.1) is 0 Å². The molecule has 2 heterocycles. The van der Waals surface area contributed by atoms with Crippen LogP contribution in [0.3, 0.4) is 0 Å². The van der Waals surface area contributed by atoms with Gasteiger partial charge in [0.1, 0.15) is 18.0 Å². The van der Waals surface area contributed by atoms with Crippen molar-refractivity contribution in [3.63, 3.8) is 0 Å². The van der Waals surface area contributed by atoms with Crippen molar-refractivity contribution in [2.24, 2.45) is 0 Å². The summed E-state index contributed by atoms with van der Waals surface area (Å²) in [6.45, 7) is 0. The van der Waals surface area contributed by atoms with E-state index in [0.717, 1.165) is 10.8 Å². The van der Waals surface area contributed by atoms with Crippen LogP contribution in [0.1, 0.15) is 6.23 Å². The number of alkyl halides is 2. The minimum absolute atomic E-state index is 0.0627. The normalized spacial score (nSPS) is 33.6.